The van der Waals surface area contributed by atoms with Crippen molar-refractivity contribution in [1.82, 2.24) is 15.0 Å². The average molecular weight is 417 g/mol. The summed E-state index contributed by atoms with van der Waals surface area (Å²) in [6.45, 7) is 3.63. The van der Waals surface area contributed by atoms with Crippen molar-refractivity contribution in [3.8, 4) is 0 Å². The van der Waals surface area contributed by atoms with Crippen LogP contribution in [-0.4, -0.2) is 26.8 Å². The number of nitrogens with two attached hydrogens (primary N) is 1. The highest BCUT2D eigenvalue weighted by Gasteiger charge is 2.19. The van der Waals surface area contributed by atoms with Crippen molar-refractivity contribution < 1.29 is 14.0 Å². The van der Waals surface area contributed by atoms with E-state index in [1.807, 2.05) is 26.0 Å². The number of amides is 2. The molecule has 0 aliphatic heterocycles. The van der Waals surface area contributed by atoms with Crippen molar-refractivity contribution in [3.05, 3.63) is 64.1 Å². The second-order valence-electron chi connectivity index (χ2n) is 6.36. The van der Waals surface area contributed by atoms with Gasteiger partial charge in [-0.2, -0.15) is 0 Å². The Morgan fingerprint density at radius 2 is 1.97 bits per heavy atom. The molecule has 3 rings (SSSR count). The summed E-state index contributed by atoms with van der Waals surface area (Å²) in [4.78, 5) is 24.7. The monoisotopic (exact) mass is 416 g/mol. The second kappa shape index (κ2) is 8.27. The highest BCUT2D eigenvalue weighted by Crippen LogP contribution is 2.21. The molecule has 1 heterocycles. The summed E-state index contributed by atoms with van der Waals surface area (Å²) in [6.07, 6.45) is 0. The summed E-state index contributed by atoms with van der Waals surface area (Å²) in [6, 6.07) is 9.29. The number of nitrogens with one attached hydrogen (secondary N) is 2. The largest absolute Gasteiger partial charge is 0.382 e. The smallest absolute Gasteiger partial charge is 0.280 e. The van der Waals surface area contributed by atoms with E-state index >= 15 is 0 Å². The SMILES string of the molecule is Cc1cccc(NC(=O)Cn2nnc(C(=O)Nc3ccc(F)c(Cl)c3)c2N)c1C. The van der Waals surface area contributed by atoms with Gasteiger partial charge in [-0.05, 0) is 49.2 Å². The molecular formula is C19H18ClFN6O2. The molecule has 29 heavy (non-hydrogen) atoms. The van der Waals surface area contributed by atoms with Crippen LogP contribution in [0.1, 0.15) is 21.6 Å². The number of benzene rings is 2. The first-order valence-corrected chi connectivity index (χ1v) is 8.95. The normalized spacial score (nSPS) is 10.6. The molecule has 0 saturated carbocycles. The Balaban J connectivity index is 1.69. The Bertz CT molecular complexity index is 1100. The molecule has 8 nitrogen and oxygen atoms in total. The van der Waals surface area contributed by atoms with Gasteiger partial charge in [0, 0.05) is 11.4 Å². The van der Waals surface area contributed by atoms with Crippen molar-refractivity contribution in [2.45, 2.75) is 20.4 Å². The maximum absolute atomic E-state index is 13.2. The first kappa shape index (κ1) is 20.3. The predicted molar refractivity (Wildman–Crippen MR) is 108 cm³/mol. The van der Waals surface area contributed by atoms with E-state index in [1.165, 1.54) is 12.1 Å². The molecule has 0 aliphatic carbocycles. The zero-order valence-corrected chi connectivity index (χ0v) is 16.4. The van der Waals surface area contributed by atoms with Crippen molar-refractivity contribution in [1.29, 1.82) is 0 Å². The van der Waals surface area contributed by atoms with E-state index in [2.05, 4.69) is 20.9 Å². The number of carbonyl (C=O) groups excluding carboxylic acids is 2. The van der Waals surface area contributed by atoms with Crippen molar-refractivity contribution in [2.75, 3.05) is 16.4 Å². The van der Waals surface area contributed by atoms with Crippen LogP contribution in [0.5, 0.6) is 0 Å². The predicted octanol–water partition coefficient (Wildman–Crippen LogP) is 3.16. The molecule has 0 atom stereocenters. The van der Waals surface area contributed by atoms with Gasteiger partial charge < -0.3 is 16.4 Å². The van der Waals surface area contributed by atoms with Gasteiger partial charge in [-0.15, -0.1) is 5.10 Å². The molecule has 10 heteroatoms. The first-order chi connectivity index (χ1) is 13.8. The number of aryl methyl sites for hydroxylation is 1. The minimum absolute atomic E-state index is 0.0770. The topological polar surface area (TPSA) is 115 Å². The van der Waals surface area contributed by atoms with E-state index in [4.69, 9.17) is 17.3 Å². The molecule has 150 valence electrons. The van der Waals surface area contributed by atoms with E-state index in [1.54, 1.807) is 6.07 Å². The number of hydrogen-bond acceptors (Lipinski definition) is 5. The van der Waals surface area contributed by atoms with Crippen LogP contribution >= 0.6 is 11.6 Å². The van der Waals surface area contributed by atoms with Gasteiger partial charge in [-0.1, -0.05) is 28.9 Å². The summed E-state index contributed by atoms with van der Waals surface area (Å²) >= 11 is 5.70. The van der Waals surface area contributed by atoms with Gasteiger partial charge in [0.2, 0.25) is 5.91 Å². The summed E-state index contributed by atoms with van der Waals surface area (Å²) in [7, 11) is 0. The molecule has 3 aromatic rings. The zero-order chi connectivity index (χ0) is 21.1. The van der Waals surface area contributed by atoms with Crippen molar-refractivity contribution >= 4 is 40.6 Å². The number of halogens is 2. The van der Waals surface area contributed by atoms with Crippen LogP contribution in [-0.2, 0) is 11.3 Å². The number of anilines is 3. The molecule has 0 aliphatic rings. The fourth-order valence-electron chi connectivity index (χ4n) is 2.58. The van der Waals surface area contributed by atoms with Crippen LogP contribution in [0.3, 0.4) is 0 Å². The van der Waals surface area contributed by atoms with Gasteiger partial charge in [0.15, 0.2) is 11.5 Å². The molecule has 0 saturated heterocycles. The Hall–Kier alpha value is -3.46. The highest BCUT2D eigenvalue weighted by molar-refractivity contribution is 6.31. The molecule has 0 spiro atoms. The van der Waals surface area contributed by atoms with Gasteiger partial charge in [-0.25, -0.2) is 9.07 Å². The molecular weight excluding hydrogens is 399 g/mol. The van der Waals surface area contributed by atoms with Gasteiger partial charge in [0.25, 0.3) is 5.91 Å². The van der Waals surface area contributed by atoms with Gasteiger partial charge in [0.05, 0.1) is 5.02 Å². The minimum Gasteiger partial charge on any atom is -0.382 e. The summed E-state index contributed by atoms with van der Waals surface area (Å²) in [5, 5.41) is 12.6. The van der Waals surface area contributed by atoms with Crippen LogP contribution in [0.4, 0.5) is 21.6 Å². The number of nitrogens with zero attached hydrogens (tertiary/aromatic N) is 3. The summed E-state index contributed by atoms with van der Waals surface area (Å²) in [5.41, 5.74) is 8.70. The fourth-order valence-corrected chi connectivity index (χ4v) is 2.76. The maximum Gasteiger partial charge on any atom is 0.280 e. The number of carbonyl (C=O) groups is 2. The van der Waals surface area contributed by atoms with Gasteiger partial charge in [-0.3, -0.25) is 9.59 Å². The van der Waals surface area contributed by atoms with Gasteiger partial charge >= 0.3 is 0 Å². The van der Waals surface area contributed by atoms with E-state index in [9.17, 15) is 14.0 Å². The molecule has 0 bridgehead atoms. The molecule has 2 amide bonds. The molecule has 2 aromatic carbocycles. The Labute approximate surface area is 170 Å². The maximum atomic E-state index is 13.2. The third kappa shape index (κ3) is 4.52. The molecule has 1 aromatic heterocycles. The number of rotatable bonds is 5. The number of aromatic nitrogens is 3. The van der Waals surface area contributed by atoms with E-state index in [-0.39, 0.29) is 34.7 Å². The molecule has 0 radical (unpaired) electrons. The molecule has 0 unspecified atom stereocenters. The summed E-state index contributed by atoms with van der Waals surface area (Å²) < 4.78 is 14.3. The zero-order valence-electron chi connectivity index (χ0n) is 15.7. The minimum atomic E-state index is -0.661. The van der Waals surface area contributed by atoms with Crippen LogP contribution in [0.25, 0.3) is 0 Å². The highest BCUT2D eigenvalue weighted by atomic mass is 35.5. The lowest BCUT2D eigenvalue weighted by molar-refractivity contribution is -0.116. The fraction of sp³-hybridized carbons (Fsp3) is 0.158. The second-order valence-corrected chi connectivity index (χ2v) is 6.77. The molecule has 4 N–H and O–H groups in total. The number of nitrogen functional groups attached to an aromatic ring is 1. The van der Waals surface area contributed by atoms with E-state index in [0.29, 0.717) is 5.69 Å². The van der Waals surface area contributed by atoms with Crippen LogP contribution < -0.4 is 16.4 Å². The lowest BCUT2D eigenvalue weighted by atomic mass is 10.1. The third-order valence-corrected chi connectivity index (χ3v) is 4.63. The van der Waals surface area contributed by atoms with Crippen molar-refractivity contribution in [2.24, 2.45) is 0 Å². The quantitative estimate of drug-likeness (QED) is 0.591. The standard InChI is InChI=1S/C19H18ClFN6O2/c1-10-4-3-5-15(11(10)2)24-16(28)9-27-18(22)17(25-26-27)19(29)23-12-6-7-14(21)13(20)8-12/h3-8H,9,22H2,1-2H3,(H,23,29)(H,24,28). The van der Waals surface area contributed by atoms with Crippen LogP contribution in [0.2, 0.25) is 5.02 Å². The lowest BCUT2D eigenvalue weighted by Crippen LogP contribution is -2.22. The summed E-state index contributed by atoms with van der Waals surface area (Å²) in [5.74, 6) is -1.71. The third-order valence-electron chi connectivity index (χ3n) is 4.34. The Kier molecular flexibility index (Phi) is 5.79. The van der Waals surface area contributed by atoms with Gasteiger partial charge in [0.1, 0.15) is 12.4 Å². The molecule has 0 fully saturated rings. The first-order valence-electron chi connectivity index (χ1n) is 8.57. The number of hydrogen-bond donors (Lipinski definition) is 3. The van der Waals surface area contributed by atoms with Crippen molar-refractivity contribution in [3.63, 3.8) is 0 Å². The van der Waals surface area contributed by atoms with E-state index in [0.717, 1.165) is 21.9 Å². The Morgan fingerprint density at radius 1 is 1.21 bits per heavy atom. The average Bonchev–Trinajstić information content (AvgIpc) is 3.02. The van der Waals surface area contributed by atoms with Crippen LogP contribution in [0.15, 0.2) is 36.4 Å². The Morgan fingerprint density at radius 3 is 2.69 bits per heavy atom. The lowest BCUT2D eigenvalue weighted by Gasteiger charge is -2.10. The van der Waals surface area contributed by atoms with Crippen LogP contribution in [0, 0.1) is 19.7 Å². The van der Waals surface area contributed by atoms with E-state index < -0.39 is 11.7 Å².